The Kier molecular flexibility index (Phi) is 4.32. The summed E-state index contributed by atoms with van der Waals surface area (Å²) in [5.74, 6) is 1.67. The molecule has 4 heteroatoms. The first-order chi connectivity index (χ1) is 9.75. The topological polar surface area (TPSA) is 47.6 Å². The Morgan fingerprint density at radius 2 is 1.90 bits per heavy atom. The molecule has 0 bridgehead atoms. The van der Waals surface area contributed by atoms with Gasteiger partial charge in [-0.15, -0.1) is 0 Å². The first-order valence-corrected chi connectivity index (χ1v) is 8.19. The number of amides is 1. The molecule has 2 atom stereocenters. The molecule has 0 radical (unpaired) electrons. The second-order valence-electron chi connectivity index (χ2n) is 6.69. The standard InChI is InChI=1S/C16H27NO3/c1-19-16(7-9-20-10-8-16)15(18)17-14-11-13(14)12-5-3-2-4-6-12/h12-14H,2-11H2,1H3,(H,17,18)/t13-,14+/m0/s1. The molecule has 1 heterocycles. The van der Waals surface area contributed by atoms with Crippen molar-refractivity contribution in [1.29, 1.82) is 0 Å². The van der Waals surface area contributed by atoms with E-state index in [2.05, 4.69) is 5.32 Å². The van der Waals surface area contributed by atoms with Crippen molar-refractivity contribution in [3.05, 3.63) is 0 Å². The molecule has 114 valence electrons. The molecule has 1 amide bonds. The van der Waals surface area contributed by atoms with E-state index in [1.165, 1.54) is 38.5 Å². The minimum Gasteiger partial charge on any atom is -0.381 e. The van der Waals surface area contributed by atoms with Gasteiger partial charge in [0.1, 0.15) is 0 Å². The number of rotatable bonds is 4. The maximum atomic E-state index is 12.5. The van der Waals surface area contributed by atoms with Crippen LogP contribution in [0.1, 0.15) is 51.4 Å². The van der Waals surface area contributed by atoms with Crippen LogP contribution in [0.2, 0.25) is 0 Å². The van der Waals surface area contributed by atoms with E-state index in [1.54, 1.807) is 7.11 Å². The highest BCUT2D eigenvalue weighted by atomic mass is 16.5. The molecule has 1 saturated heterocycles. The number of ether oxygens (including phenoxy) is 2. The second kappa shape index (κ2) is 6.02. The molecule has 4 nitrogen and oxygen atoms in total. The lowest BCUT2D eigenvalue weighted by Crippen LogP contribution is -2.52. The minimum absolute atomic E-state index is 0.0895. The lowest BCUT2D eigenvalue weighted by atomic mass is 9.85. The zero-order valence-electron chi connectivity index (χ0n) is 12.5. The normalized spacial score (nSPS) is 33.6. The third-order valence-electron chi connectivity index (χ3n) is 5.52. The average molecular weight is 281 g/mol. The molecule has 2 saturated carbocycles. The summed E-state index contributed by atoms with van der Waals surface area (Å²) >= 11 is 0. The highest BCUT2D eigenvalue weighted by Gasteiger charge is 2.48. The van der Waals surface area contributed by atoms with Gasteiger partial charge in [-0.05, 0) is 18.3 Å². The zero-order valence-corrected chi connectivity index (χ0v) is 12.5. The number of carbonyl (C=O) groups excluding carboxylic acids is 1. The van der Waals surface area contributed by atoms with Crippen LogP contribution >= 0.6 is 0 Å². The number of carbonyl (C=O) groups is 1. The largest absolute Gasteiger partial charge is 0.381 e. The molecule has 20 heavy (non-hydrogen) atoms. The van der Waals surface area contributed by atoms with Crippen LogP contribution in [0.25, 0.3) is 0 Å². The van der Waals surface area contributed by atoms with E-state index in [-0.39, 0.29) is 5.91 Å². The Labute approximate surface area is 121 Å². The fourth-order valence-corrected chi connectivity index (χ4v) is 3.99. The summed E-state index contributed by atoms with van der Waals surface area (Å²) in [5, 5.41) is 3.24. The van der Waals surface area contributed by atoms with Crippen LogP contribution in [0, 0.1) is 11.8 Å². The van der Waals surface area contributed by atoms with E-state index in [4.69, 9.17) is 9.47 Å². The van der Waals surface area contributed by atoms with Crippen LogP contribution in [0.4, 0.5) is 0 Å². The average Bonchev–Trinajstić information content (AvgIpc) is 3.28. The summed E-state index contributed by atoms with van der Waals surface area (Å²) in [6.07, 6.45) is 9.40. The maximum absolute atomic E-state index is 12.5. The molecule has 2 aliphatic carbocycles. The molecule has 0 aromatic rings. The van der Waals surface area contributed by atoms with Crippen LogP contribution in [0.5, 0.6) is 0 Å². The molecule has 3 fully saturated rings. The van der Waals surface area contributed by atoms with E-state index in [0.29, 0.717) is 32.1 Å². The van der Waals surface area contributed by atoms with Crippen molar-refractivity contribution in [2.45, 2.75) is 63.0 Å². The summed E-state index contributed by atoms with van der Waals surface area (Å²) in [4.78, 5) is 12.5. The Morgan fingerprint density at radius 3 is 2.55 bits per heavy atom. The van der Waals surface area contributed by atoms with Crippen molar-refractivity contribution in [3.8, 4) is 0 Å². The summed E-state index contributed by atoms with van der Waals surface area (Å²) < 4.78 is 10.9. The summed E-state index contributed by atoms with van der Waals surface area (Å²) in [5.41, 5.74) is -0.641. The van der Waals surface area contributed by atoms with Crippen molar-refractivity contribution < 1.29 is 14.3 Å². The first kappa shape index (κ1) is 14.3. The number of methoxy groups -OCH3 is 1. The molecule has 3 aliphatic rings. The van der Waals surface area contributed by atoms with Gasteiger partial charge in [0.05, 0.1) is 0 Å². The van der Waals surface area contributed by atoms with E-state index < -0.39 is 5.60 Å². The molecule has 0 aromatic carbocycles. The first-order valence-electron chi connectivity index (χ1n) is 8.19. The highest BCUT2D eigenvalue weighted by Crippen LogP contribution is 2.44. The van der Waals surface area contributed by atoms with Gasteiger partial charge in [0, 0.05) is 39.2 Å². The van der Waals surface area contributed by atoms with E-state index in [1.807, 2.05) is 0 Å². The van der Waals surface area contributed by atoms with Crippen LogP contribution in [0.3, 0.4) is 0 Å². The predicted octanol–water partition coefficient (Wildman–Crippen LogP) is 2.27. The number of hydrogen-bond donors (Lipinski definition) is 1. The maximum Gasteiger partial charge on any atom is 0.252 e. The predicted molar refractivity (Wildman–Crippen MR) is 76.4 cm³/mol. The Hall–Kier alpha value is -0.610. The van der Waals surface area contributed by atoms with Gasteiger partial charge in [0.15, 0.2) is 5.60 Å². The molecule has 1 aliphatic heterocycles. The van der Waals surface area contributed by atoms with Gasteiger partial charge in [-0.3, -0.25) is 4.79 Å². The molecule has 0 unspecified atom stereocenters. The van der Waals surface area contributed by atoms with E-state index in [0.717, 1.165) is 11.8 Å². The number of hydrogen-bond acceptors (Lipinski definition) is 3. The van der Waals surface area contributed by atoms with Crippen LogP contribution in [-0.4, -0.2) is 37.9 Å². The van der Waals surface area contributed by atoms with Crippen molar-refractivity contribution >= 4 is 5.91 Å². The van der Waals surface area contributed by atoms with Gasteiger partial charge < -0.3 is 14.8 Å². The SMILES string of the molecule is COC1(C(=O)N[C@@H]2C[C@H]2C2CCCCC2)CCOCC1. The lowest BCUT2D eigenvalue weighted by molar-refractivity contribution is -0.155. The smallest absolute Gasteiger partial charge is 0.252 e. The Morgan fingerprint density at radius 1 is 1.20 bits per heavy atom. The highest BCUT2D eigenvalue weighted by molar-refractivity contribution is 5.85. The second-order valence-corrected chi connectivity index (χ2v) is 6.69. The van der Waals surface area contributed by atoms with Gasteiger partial charge in [-0.25, -0.2) is 0 Å². The third-order valence-corrected chi connectivity index (χ3v) is 5.52. The van der Waals surface area contributed by atoms with Crippen molar-refractivity contribution in [1.82, 2.24) is 5.32 Å². The van der Waals surface area contributed by atoms with Crippen LogP contribution in [-0.2, 0) is 14.3 Å². The number of nitrogens with one attached hydrogen (secondary N) is 1. The monoisotopic (exact) mass is 281 g/mol. The third kappa shape index (κ3) is 2.86. The zero-order chi connectivity index (χ0) is 14.0. The van der Waals surface area contributed by atoms with E-state index >= 15 is 0 Å². The quantitative estimate of drug-likeness (QED) is 0.860. The fourth-order valence-electron chi connectivity index (χ4n) is 3.99. The molecular formula is C16H27NO3. The molecule has 1 N–H and O–H groups in total. The molecular weight excluding hydrogens is 254 g/mol. The molecule has 3 rings (SSSR count). The minimum atomic E-state index is -0.641. The van der Waals surface area contributed by atoms with Crippen molar-refractivity contribution in [3.63, 3.8) is 0 Å². The lowest BCUT2D eigenvalue weighted by Gasteiger charge is -2.34. The van der Waals surface area contributed by atoms with Crippen molar-refractivity contribution in [2.75, 3.05) is 20.3 Å². The van der Waals surface area contributed by atoms with Gasteiger partial charge in [0.25, 0.3) is 5.91 Å². The fraction of sp³-hybridized carbons (Fsp3) is 0.938. The van der Waals surface area contributed by atoms with Crippen LogP contribution in [0.15, 0.2) is 0 Å². The summed E-state index contributed by atoms with van der Waals surface area (Å²) in [6.45, 7) is 1.25. The summed E-state index contributed by atoms with van der Waals surface area (Å²) in [7, 11) is 1.65. The van der Waals surface area contributed by atoms with Crippen LogP contribution < -0.4 is 5.32 Å². The van der Waals surface area contributed by atoms with Gasteiger partial charge >= 0.3 is 0 Å². The van der Waals surface area contributed by atoms with Gasteiger partial charge in [-0.2, -0.15) is 0 Å². The van der Waals surface area contributed by atoms with Gasteiger partial charge in [0.2, 0.25) is 0 Å². The Bertz CT molecular complexity index is 346. The molecule has 0 spiro atoms. The Balaban J connectivity index is 1.51. The van der Waals surface area contributed by atoms with Crippen molar-refractivity contribution in [2.24, 2.45) is 11.8 Å². The molecule has 0 aromatic heterocycles. The van der Waals surface area contributed by atoms with Gasteiger partial charge in [-0.1, -0.05) is 32.1 Å². The summed E-state index contributed by atoms with van der Waals surface area (Å²) in [6, 6.07) is 0.403. The van der Waals surface area contributed by atoms with E-state index in [9.17, 15) is 4.79 Å².